The minimum absolute atomic E-state index is 0.0235. The number of benzene rings is 1. The van der Waals surface area contributed by atoms with Crippen LogP contribution in [0.2, 0.25) is 0 Å². The number of halogens is 1. The van der Waals surface area contributed by atoms with Gasteiger partial charge in [0, 0.05) is 23.5 Å². The summed E-state index contributed by atoms with van der Waals surface area (Å²) in [6, 6.07) is 8.40. The molecule has 2 aliphatic rings. The maximum Gasteiger partial charge on any atom is 0.230 e. The van der Waals surface area contributed by atoms with E-state index in [2.05, 4.69) is 20.8 Å². The van der Waals surface area contributed by atoms with Gasteiger partial charge in [0.1, 0.15) is 5.75 Å². The van der Waals surface area contributed by atoms with E-state index >= 15 is 0 Å². The van der Waals surface area contributed by atoms with Crippen LogP contribution in [0.5, 0.6) is 5.75 Å². The fourth-order valence-electron chi connectivity index (χ4n) is 2.75. The van der Waals surface area contributed by atoms with Crippen LogP contribution in [0, 0.1) is 0 Å². The summed E-state index contributed by atoms with van der Waals surface area (Å²) >= 11 is 3.45. The summed E-state index contributed by atoms with van der Waals surface area (Å²) < 4.78 is 5.64. The molecule has 4 heteroatoms. The second-order valence-electron chi connectivity index (χ2n) is 5.18. The SMILES string of the molecule is O=C(C1CCOc2ccccc21)N(CCBr)C1CC1. The molecule has 0 radical (unpaired) electrons. The summed E-state index contributed by atoms with van der Waals surface area (Å²) in [5.41, 5.74) is 1.05. The Bertz CT molecular complexity index is 473. The van der Waals surface area contributed by atoms with Gasteiger partial charge >= 0.3 is 0 Å². The zero-order chi connectivity index (χ0) is 13.2. The third-order valence-corrected chi connectivity index (χ3v) is 4.21. The molecule has 3 nitrogen and oxygen atoms in total. The molecule has 19 heavy (non-hydrogen) atoms. The van der Waals surface area contributed by atoms with E-state index in [0.29, 0.717) is 12.6 Å². The predicted octanol–water partition coefficient (Wildman–Crippen LogP) is 2.94. The van der Waals surface area contributed by atoms with E-state index in [1.807, 2.05) is 24.3 Å². The molecule has 1 aromatic carbocycles. The third kappa shape index (κ3) is 2.64. The van der Waals surface area contributed by atoms with Crippen molar-refractivity contribution in [3.05, 3.63) is 29.8 Å². The van der Waals surface area contributed by atoms with E-state index in [9.17, 15) is 4.79 Å². The first-order chi connectivity index (χ1) is 9.31. The number of carbonyl (C=O) groups excluding carboxylic acids is 1. The highest BCUT2D eigenvalue weighted by atomic mass is 79.9. The van der Waals surface area contributed by atoms with Gasteiger partial charge in [-0.1, -0.05) is 34.1 Å². The zero-order valence-corrected chi connectivity index (χ0v) is 12.4. The summed E-state index contributed by atoms with van der Waals surface area (Å²) in [7, 11) is 0. The monoisotopic (exact) mass is 323 g/mol. The molecule has 3 rings (SSSR count). The van der Waals surface area contributed by atoms with E-state index in [1.54, 1.807) is 0 Å². The van der Waals surface area contributed by atoms with Gasteiger partial charge in [-0.3, -0.25) is 4.79 Å². The average Bonchev–Trinajstić information content (AvgIpc) is 3.28. The zero-order valence-electron chi connectivity index (χ0n) is 10.8. The molecule has 1 aliphatic carbocycles. The van der Waals surface area contributed by atoms with Gasteiger partial charge < -0.3 is 9.64 Å². The Morgan fingerprint density at radius 2 is 2.11 bits per heavy atom. The molecule has 102 valence electrons. The first kappa shape index (κ1) is 13.0. The molecule has 1 unspecified atom stereocenters. The average molecular weight is 324 g/mol. The van der Waals surface area contributed by atoms with Crippen molar-refractivity contribution >= 4 is 21.8 Å². The van der Waals surface area contributed by atoms with Crippen molar-refractivity contribution in [1.82, 2.24) is 4.90 Å². The molecule has 1 fully saturated rings. The van der Waals surface area contributed by atoms with Gasteiger partial charge in [-0.2, -0.15) is 0 Å². The number of amides is 1. The first-order valence-electron chi connectivity index (χ1n) is 6.89. The van der Waals surface area contributed by atoms with Crippen LogP contribution in [0.25, 0.3) is 0 Å². The third-order valence-electron chi connectivity index (χ3n) is 3.85. The second kappa shape index (κ2) is 5.53. The molecule has 0 bridgehead atoms. The summed E-state index contributed by atoms with van der Waals surface area (Å²) in [5, 5.41) is 0.847. The summed E-state index contributed by atoms with van der Waals surface area (Å²) in [5.74, 6) is 1.13. The number of rotatable bonds is 4. The normalized spacial score (nSPS) is 21.4. The van der Waals surface area contributed by atoms with Gasteiger partial charge in [-0.05, 0) is 25.3 Å². The van der Waals surface area contributed by atoms with E-state index in [1.165, 1.54) is 0 Å². The van der Waals surface area contributed by atoms with Crippen molar-refractivity contribution in [3.63, 3.8) is 0 Å². The first-order valence-corrected chi connectivity index (χ1v) is 8.01. The van der Waals surface area contributed by atoms with Crippen molar-refractivity contribution in [2.45, 2.75) is 31.2 Å². The van der Waals surface area contributed by atoms with E-state index in [0.717, 1.165) is 42.5 Å². The molecule has 1 atom stereocenters. The smallest absolute Gasteiger partial charge is 0.230 e. The largest absolute Gasteiger partial charge is 0.493 e. The standard InChI is InChI=1S/C15H18BrNO2/c16-8-9-17(11-5-6-11)15(18)13-7-10-19-14-4-2-1-3-12(13)14/h1-4,11,13H,5-10H2. The highest BCUT2D eigenvalue weighted by Gasteiger charge is 2.37. The topological polar surface area (TPSA) is 29.5 Å². The van der Waals surface area contributed by atoms with Gasteiger partial charge in [-0.15, -0.1) is 0 Å². The maximum atomic E-state index is 12.8. The summed E-state index contributed by atoms with van der Waals surface area (Å²) in [6.45, 7) is 1.45. The van der Waals surface area contributed by atoms with Gasteiger partial charge in [-0.25, -0.2) is 0 Å². The van der Waals surface area contributed by atoms with Crippen LogP contribution in [0.15, 0.2) is 24.3 Å². The number of fused-ring (bicyclic) bond motifs is 1. The lowest BCUT2D eigenvalue weighted by Gasteiger charge is -2.30. The Morgan fingerprint density at radius 1 is 1.32 bits per heavy atom. The van der Waals surface area contributed by atoms with Crippen LogP contribution < -0.4 is 4.74 Å². The fraction of sp³-hybridized carbons (Fsp3) is 0.533. The lowest BCUT2D eigenvalue weighted by molar-refractivity contribution is -0.133. The summed E-state index contributed by atoms with van der Waals surface area (Å²) in [6.07, 6.45) is 3.11. The van der Waals surface area contributed by atoms with Crippen LogP contribution in [0.3, 0.4) is 0 Å². The van der Waals surface area contributed by atoms with Crippen LogP contribution in [0.1, 0.15) is 30.7 Å². The Hall–Kier alpha value is -1.03. The van der Waals surface area contributed by atoms with E-state index in [-0.39, 0.29) is 11.8 Å². The van der Waals surface area contributed by atoms with E-state index in [4.69, 9.17) is 4.74 Å². The molecule has 1 amide bonds. The highest BCUT2D eigenvalue weighted by Crippen LogP contribution is 2.37. The van der Waals surface area contributed by atoms with Crippen LogP contribution in [-0.2, 0) is 4.79 Å². The van der Waals surface area contributed by atoms with Crippen molar-refractivity contribution in [1.29, 1.82) is 0 Å². The second-order valence-corrected chi connectivity index (χ2v) is 5.97. The van der Waals surface area contributed by atoms with E-state index < -0.39 is 0 Å². The molecule has 0 spiro atoms. The van der Waals surface area contributed by atoms with Crippen molar-refractivity contribution in [2.24, 2.45) is 0 Å². The van der Waals surface area contributed by atoms with Gasteiger partial charge in [0.25, 0.3) is 0 Å². The quantitative estimate of drug-likeness (QED) is 0.797. The number of alkyl halides is 1. The summed E-state index contributed by atoms with van der Waals surface area (Å²) in [4.78, 5) is 14.8. The van der Waals surface area contributed by atoms with Crippen molar-refractivity contribution < 1.29 is 9.53 Å². The predicted molar refractivity (Wildman–Crippen MR) is 77.8 cm³/mol. The molecule has 0 aromatic heterocycles. The minimum atomic E-state index is -0.0235. The van der Waals surface area contributed by atoms with Crippen molar-refractivity contribution in [3.8, 4) is 5.75 Å². The Kier molecular flexibility index (Phi) is 3.78. The van der Waals surface area contributed by atoms with Gasteiger partial charge in [0.2, 0.25) is 5.91 Å². The number of hydrogen-bond donors (Lipinski definition) is 0. The Balaban J connectivity index is 1.83. The molecular weight excluding hydrogens is 306 g/mol. The van der Waals surface area contributed by atoms with Gasteiger partial charge in [0.15, 0.2) is 0 Å². The lowest BCUT2D eigenvalue weighted by Crippen LogP contribution is -2.39. The minimum Gasteiger partial charge on any atom is -0.493 e. The highest BCUT2D eigenvalue weighted by molar-refractivity contribution is 9.09. The maximum absolute atomic E-state index is 12.8. The van der Waals surface area contributed by atoms with Crippen LogP contribution >= 0.6 is 15.9 Å². The molecule has 1 saturated carbocycles. The molecule has 0 saturated heterocycles. The Labute approximate surface area is 122 Å². The molecule has 1 heterocycles. The molecular formula is C15H18BrNO2. The number of para-hydroxylation sites is 1. The van der Waals surface area contributed by atoms with Crippen molar-refractivity contribution in [2.75, 3.05) is 18.5 Å². The number of hydrogen-bond acceptors (Lipinski definition) is 2. The molecule has 0 N–H and O–H groups in total. The van der Waals surface area contributed by atoms with Gasteiger partial charge in [0.05, 0.1) is 12.5 Å². The molecule has 1 aromatic rings. The Morgan fingerprint density at radius 3 is 2.84 bits per heavy atom. The number of nitrogens with zero attached hydrogens (tertiary/aromatic N) is 1. The molecule has 1 aliphatic heterocycles. The number of carbonyl (C=O) groups is 1. The number of ether oxygens (including phenoxy) is 1. The fourth-order valence-corrected chi connectivity index (χ4v) is 3.13. The van der Waals surface area contributed by atoms with Crippen LogP contribution in [-0.4, -0.2) is 35.3 Å². The lowest BCUT2D eigenvalue weighted by atomic mass is 9.91. The van der Waals surface area contributed by atoms with Crippen LogP contribution in [0.4, 0.5) is 0 Å².